The maximum atomic E-state index is 12.4. The van der Waals surface area contributed by atoms with Gasteiger partial charge in [-0.3, -0.25) is 9.10 Å². The predicted molar refractivity (Wildman–Crippen MR) is 97.9 cm³/mol. The summed E-state index contributed by atoms with van der Waals surface area (Å²) < 4.78 is 25.5. The SMILES string of the molecule is Cc1ccc(N(CC(=O)Nc2ccccc2C)S(C)(=O)=O)c(C)c1. The number of anilines is 2. The molecule has 0 aromatic heterocycles. The fraction of sp³-hybridized carbons (Fsp3) is 0.278. The van der Waals surface area contributed by atoms with Crippen molar-refractivity contribution in [3.8, 4) is 0 Å². The zero-order chi connectivity index (χ0) is 17.9. The Morgan fingerprint density at radius 3 is 2.29 bits per heavy atom. The van der Waals surface area contributed by atoms with Crippen molar-refractivity contribution < 1.29 is 13.2 Å². The zero-order valence-corrected chi connectivity index (χ0v) is 15.1. The van der Waals surface area contributed by atoms with Gasteiger partial charge in [0.1, 0.15) is 6.54 Å². The van der Waals surface area contributed by atoms with E-state index in [0.29, 0.717) is 11.4 Å². The molecule has 6 heteroatoms. The molecule has 1 amide bonds. The second-order valence-electron chi connectivity index (χ2n) is 5.92. The van der Waals surface area contributed by atoms with Crippen molar-refractivity contribution in [3.63, 3.8) is 0 Å². The Labute approximate surface area is 143 Å². The molecular weight excluding hydrogens is 324 g/mol. The molecular formula is C18H22N2O3S. The van der Waals surface area contributed by atoms with E-state index in [-0.39, 0.29) is 12.5 Å². The maximum Gasteiger partial charge on any atom is 0.245 e. The fourth-order valence-corrected chi connectivity index (χ4v) is 3.41. The number of carbonyl (C=O) groups is 1. The molecule has 1 N–H and O–H groups in total. The number of para-hydroxylation sites is 1. The first-order valence-corrected chi connectivity index (χ1v) is 9.44. The highest BCUT2D eigenvalue weighted by Gasteiger charge is 2.22. The predicted octanol–water partition coefficient (Wildman–Crippen LogP) is 3.02. The standard InChI is InChI=1S/C18H22N2O3S/c1-13-9-10-17(15(3)11-13)20(24(4,22)23)12-18(21)19-16-8-6-5-7-14(16)2/h5-11H,12H2,1-4H3,(H,19,21). The van der Waals surface area contributed by atoms with Crippen LogP contribution < -0.4 is 9.62 Å². The average Bonchev–Trinajstić information content (AvgIpc) is 2.47. The summed E-state index contributed by atoms with van der Waals surface area (Å²) >= 11 is 0. The molecule has 0 fully saturated rings. The molecule has 0 bridgehead atoms. The lowest BCUT2D eigenvalue weighted by Gasteiger charge is -2.24. The van der Waals surface area contributed by atoms with E-state index in [1.807, 2.05) is 51.1 Å². The quantitative estimate of drug-likeness (QED) is 0.905. The third-order valence-electron chi connectivity index (χ3n) is 3.73. The summed E-state index contributed by atoms with van der Waals surface area (Å²) in [6, 6.07) is 12.8. The lowest BCUT2D eigenvalue weighted by Crippen LogP contribution is -2.38. The van der Waals surface area contributed by atoms with Crippen LogP contribution in [0.5, 0.6) is 0 Å². The van der Waals surface area contributed by atoms with Gasteiger partial charge in [0.25, 0.3) is 0 Å². The van der Waals surface area contributed by atoms with E-state index in [0.717, 1.165) is 27.3 Å². The second-order valence-corrected chi connectivity index (χ2v) is 7.83. The number of nitrogens with zero attached hydrogens (tertiary/aromatic N) is 1. The number of sulfonamides is 1. The minimum absolute atomic E-state index is 0.267. The number of carbonyl (C=O) groups excluding carboxylic acids is 1. The summed E-state index contributed by atoms with van der Waals surface area (Å²) in [6.45, 7) is 5.39. The third-order valence-corrected chi connectivity index (χ3v) is 4.85. The molecule has 2 rings (SSSR count). The van der Waals surface area contributed by atoms with E-state index < -0.39 is 10.0 Å². The van der Waals surface area contributed by atoms with E-state index in [1.54, 1.807) is 12.1 Å². The van der Waals surface area contributed by atoms with Crippen molar-refractivity contribution >= 4 is 27.3 Å². The third kappa shape index (κ3) is 4.35. The second kappa shape index (κ2) is 7.05. The average molecular weight is 346 g/mol. The van der Waals surface area contributed by atoms with E-state index in [1.165, 1.54) is 0 Å². The molecule has 2 aromatic carbocycles. The Bertz CT molecular complexity index is 860. The van der Waals surface area contributed by atoms with Gasteiger partial charge in [-0.2, -0.15) is 0 Å². The summed E-state index contributed by atoms with van der Waals surface area (Å²) in [4.78, 5) is 12.4. The maximum absolute atomic E-state index is 12.4. The van der Waals surface area contributed by atoms with Crippen molar-refractivity contribution in [3.05, 3.63) is 59.2 Å². The van der Waals surface area contributed by atoms with Crippen molar-refractivity contribution in [2.45, 2.75) is 20.8 Å². The number of hydrogen-bond acceptors (Lipinski definition) is 3. The molecule has 5 nitrogen and oxygen atoms in total. The van der Waals surface area contributed by atoms with Crippen molar-refractivity contribution in [2.75, 3.05) is 22.4 Å². The summed E-state index contributed by atoms with van der Waals surface area (Å²) in [5.74, 6) is -0.380. The van der Waals surface area contributed by atoms with Crippen LogP contribution in [0.3, 0.4) is 0 Å². The van der Waals surface area contributed by atoms with Crippen LogP contribution in [0.1, 0.15) is 16.7 Å². The largest absolute Gasteiger partial charge is 0.324 e. The van der Waals surface area contributed by atoms with Crippen LogP contribution in [0.15, 0.2) is 42.5 Å². The fourth-order valence-electron chi connectivity index (χ4n) is 2.50. The lowest BCUT2D eigenvalue weighted by atomic mass is 10.1. The molecule has 0 saturated carbocycles. The van der Waals surface area contributed by atoms with Gasteiger partial charge in [-0.1, -0.05) is 35.9 Å². The number of aryl methyl sites for hydroxylation is 3. The number of rotatable bonds is 5. The number of nitrogens with one attached hydrogen (secondary N) is 1. The van der Waals surface area contributed by atoms with E-state index in [2.05, 4.69) is 5.32 Å². The summed E-state index contributed by atoms with van der Waals surface area (Å²) in [5, 5.41) is 2.77. The minimum Gasteiger partial charge on any atom is -0.324 e. The minimum atomic E-state index is -3.58. The Kier molecular flexibility index (Phi) is 5.29. The highest BCUT2D eigenvalue weighted by molar-refractivity contribution is 7.92. The van der Waals surface area contributed by atoms with Gasteiger partial charge in [0, 0.05) is 5.69 Å². The van der Waals surface area contributed by atoms with Gasteiger partial charge in [-0.25, -0.2) is 8.42 Å². The van der Waals surface area contributed by atoms with E-state index in [9.17, 15) is 13.2 Å². The van der Waals surface area contributed by atoms with Crippen molar-refractivity contribution in [1.29, 1.82) is 0 Å². The Balaban J connectivity index is 2.27. The monoisotopic (exact) mass is 346 g/mol. The van der Waals surface area contributed by atoms with Crippen molar-refractivity contribution in [2.24, 2.45) is 0 Å². The molecule has 0 unspecified atom stereocenters. The summed E-state index contributed by atoms with van der Waals surface area (Å²) in [7, 11) is -3.58. The molecule has 0 atom stereocenters. The molecule has 0 aliphatic carbocycles. The highest BCUT2D eigenvalue weighted by Crippen LogP contribution is 2.23. The molecule has 0 heterocycles. The lowest BCUT2D eigenvalue weighted by molar-refractivity contribution is -0.114. The van der Waals surface area contributed by atoms with Gasteiger partial charge in [0.2, 0.25) is 15.9 Å². The molecule has 24 heavy (non-hydrogen) atoms. The van der Waals surface area contributed by atoms with Gasteiger partial charge in [-0.05, 0) is 44.0 Å². The van der Waals surface area contributed by atoms with Gasteiger partial charge in [0.05, 0.1) is 11.9 Å². The number of hydrogen-bond donors (Lipinski definition) is 1. The van der Waals surface area contributed by atoms with Gasteiger partial charge in [0.15, 0.2) is 0 Å². The molecule has 0 spiro atoms. The van der Waals surface area contributed by atoms with Crippen LogP contribution in [0, 0.1) is 20.8 Å². The molecule has 2 aromatic rings. The smallest absolute Gasteiger partial charge is 0.245 e. The topological polar surface area (TPSA) is 66.5 Å². The molecule has 0 aliphatic rings. The van der Waals surface area contributed by atoms with Crippen LogP contribution in [-0.4, -0.2) is 27.1 Å². The zero-order valence-electron chi connectivity index (χ0n) is 14.3. The van der Waals surface area contributed by atoms with Crippen molar-refractivity contribution in [1.82, 2.24) is 0 Å². The number of amides is 1. The van der Waals surface area contributed by atoms with Gasteiger partial charge in [-0.15, -0.1) is 0 Å². The molecule has 0 aliphatic heterocycles. The Morgan fingerprint density at radius 1 is 1.04 bits per heavy atom. The first-order chi connectivity index (χ1) is 11.2. The van der Waals surface area contributed by atoms with Crippen LogP contribution in [0.2, 0.25) is 0 Å². The summed E-state index contributed by atoms with van der Waals surface area (Å²) in [5.41, 5.74) is 3.96. The summed E-state index contributed by atoms with van der Waals surface area (Å²) in [6.07, 6.45) is 1.10. The first-order valence-electron chi connectivity index (χ1n) is 7.59. The van der Waals surface area contributed by atoms with E-state index >= 15 is 0 Å². The Hall–Kier alpha value is -2.34. The first kappa shape index (κ1) is 18.0. The van der Waals surface area contributed by atoms with Crippen LogP contribution in [0.25, 0.3) is 0 Å². The normalized spacial score (nSPS) is 11.2. The van der Waals surface area contributed by atoms with Crippen LogP contribution in [0.4, 0.5) is 11.4 Å². The van der Waals surface area contributed by atoms with Gasteiger partial charge < -0.3 is 5.32 Å². The Morgan fingerprint density at radius 2 is 1.71 bits per heavy atom. The molecule has 128 valence electrons. The molecule has 0 radical (unpaired) electrons. The highest BCUT2D eigenvalue weighted by atomic mass is 32.2. The van der Waals surface area contributed by atoms with Crippen LogP contribution in [-0.2, 0) is 14.8 Å². The van der Waals surface area contributed by atoms with Gasteiger partial charge >= 0.3 is 0 Å². The molecule has 0 saturated heterocycles. The van der Waals surface area contributed by atoms with Crippen LogP contribution >= 0.6 is 0 Å². The number of benzene rings is 2. The van der Waals surface area contributed by atoms with E-state index in [4.69, 9.17) is 0 Å².